The maximum atomic E-state index is 11.3. The van der Waals surface area contributed by atoms with Crippen LogP contribution in [-0.4, -0.2) is 12.1 Å². The van der Waals surface area contributed by atoms with Gasteiger partial charge in [-0.2, -0.15) is 0 Å². The maximum Gasteiger partial charge on any atom is 0.310 e. The van der Waals surface area contributed by atoms with E-state index >= 15 is 0 Å². The van der Waals surface area contributed by atoms with Crippen molar-refractivity contribution >= 4 is 5.97 Å². The van der Waals surface area contributed by atoms with Gasteiger partial charge in [0.05, 0.1) is 5.92 Å². The number of hydrogen-bond donors (Lipinski definition) is 0. The van der Waals surface area contributed by atoms with Crippen LogP contribution < -0.4 is 0 Å². The van der Waals surface area contributed by atoms with E-state index in [9.17, 15) is 4.79 Å². The topological polar surface area (TPSA) is 26.3 Å². The number of carbonyl (C=O) groups is 1. The minimum absolute atomic E-state index is 0.0130. The highest BCUT2D eigenvalue weighted by Gasteiger charge is 2.65. The van der Waals surface area contributed by atoms with Gasteiger partial charge in [0.25, 0.3) is 0 Å². The lowest BCUT2D eigenvalue weighted by atomic mass is 9.54. The van der Waals surface area contributed by atoms with E-state index in [-0.39, 0.29) is 23.4 Å². The molecule has 0 aromatic rings. The molecule has 0 amide bonds. The second-order valence-electron chi connectivity index (χ2n) is 4.32. The smallest absolute Gasteiger partial charge is 0.310 e. The minimum Gasteiger partial charge on any atom is -0.458 e. The highest BCUT2D eigenvalue weighted by molar-refractivity contribution is 5.78. The van der Waals surface area contributed by atoms with Crippen LogP contribution in [0.3, 0.4) is 0 Å². The third kappa shape index (κ3) is 0.679. The Morgan fingerprint density at radius 3 is 3.38 bits per heavy atom. The van der Waals surface area contributed by atoms with E-state index in [2.05, 4.69) is 18.7 Å². The molecule has 1 saturated heterocycles. The molecule has 0 radical (unpaired) electrons. The van der Waals surface area contributed by atoms with Gasteiger partial charge in [-0.3, -0.25) is 4.79 Å². The van der Waals surface area contributed by atoms with Crippen molar-refractivity contribution in [2.75, 3.05) is 0 Å². The molecule has 2 aliphatic carbocycles. The molecule has 0 aromatic carbocycles. The predicted octanol–water partition coefficient (Wildman–Crippen LogP) is 1.68. The van der Waals surface area contributed by atoms with Gasteiger partial charge < -0.3 is 4.74 Å². The quantitative estimate of drug-likeness (QED) is 0.472. The Morgan fingerprint density at radius 1 is 1.77 bits per heavy atom. The molecule has 0 N–H and O–H groups in total. The molecule has 2 nitrogen and oxygen atoms in total. The van der Waals surface area contributed by atoms with Crippen molar-refractivity contribution in [1.29, 1.82) is 0 Å². The van der Waals surface area contributed by atoms with E-state index in [0.29, 0.717) is 5.92 Å². The number of hydrogen-bond acceptors (Lipinski definition) is 2. The van der Waals surface area contributed by atoms with Crippen molar-refractivity contribution in [3.05, 3.63) is 24.8 Å². The average Bonchev–Trinajstić information content (AvgIpc) is 2.43. The van der Waals surface area contributed by atoms with Crippen LogP contribution in [0.2, 0.25) is 0 Å². The van der Waals surface area contributed by atoms with E-state index in [1.807, 2.05) is 6.08 Å². The van der Waals surface area contributed by atoms with Crippen LogP contribution in [0.25, 0.3) is 0 Å². The van der Waals surface area contributed by atoms with Gasteiger partial charge in [-0.25, -0.2) is 0 Å². The summed E-state index contributed by atoms with van der Waals surface area (Å²) < 4.78 is 5.25. The molecular weight excluding hydrogens is 164 g/mol. The third-order valence-electron chi connectivity index (χ3n) is 3.75. The summed E-state index contributed by atoms with van der Waals surface area (Å²) in [5, 5.41) is 0. The molecule has 68 valence electrons. The Morgan fingerprint density at radius 2 is 2.62 bits per heavy atom. The SMILES string of the molecule is C=CC[C@@]12C=C[C@H]3OC(=O)[C@@H](C1)C32. The molecular formula is C11H12O2. The predicted molar refractivity (Wildman–Crippen MR) is 47.9 cm³/mol. The van der Waals surface area contributed by atoms with Crippen molar-refractivity contribution in [3.63, 3.8) is 0 Å². The van der Waals surface area contributed by atoms with Crippen LogP contribution in [0.5, 0.6) is 0 Å². The van der Waals surface area contributed by atoms with Crippen molar-refractivity contribution in [2.45, 2.75) is 18.9 Å². The number of rotatable bonds is 2. The molecule has 0 aromatic heterocycles. The molecule has 0 bridgehead atoms. The van der Waals surface area contributed by atoms with Crippen molar-refractivity contribution in [3.8, 4) is 0 Å². The van der Waals surface area contributed by atoms with Crippen LogP contribution in [0.1, 0.15) is 12.8 Å². The van der Waals surface area contributed by atoms with E-state index < -0.39 is 0 Å². The first kappa shape index (κ1) is 7.36. The lowest BCUT2D eigenvalue weighted by molar-refractivity contribution is -0.145. The van der Waals surface area contributed by atoms with Gasteiger partial charge in [0.2, 0.25) is 0 Å². The first-order valence-corrected chi connectivity index (χ1v) is 4.78. The molecule has 0 spiro atoms. The minimum atomic E-state index is 0.0130. The van der Waals surface area contributed by atoms with Gasteiger partial charge in [0.1, 0.15) is 6.10 Å². The molecule has 3 rings (SSSR count). The molecule has 2 heteroatoms. The summed E-state index contributed by atoms with van der Waals surface area (Å²) in [6, 6.07) is 0. The molecule has 1 heterocycles. The van der Waals surface area contributed by atoms with Crippen LogP contribution in [0.4, 0.5) is 0 Å². The summed E-state index contributed by atoms with van der Waals surface area (Å²) in [5.74, 6) is 0.622. The average molecular weight is 176 g/mol. The Kier molecular flexibility index (Phi) is 1.17. The van der Waals surface area contributed by atoms with Crippen molar-refractivity contribution in [2.24, 2.45) is 17.3 Å². The zero-order valence-electron chi connectivity index (χ0n) is 7.40. The summed E-state index contributed by atoms with van der Waals surface area (Å²) in [7, 11) is 0. The van der Waals surface area contributed by atoms with Gasteiger partial charge >= 0.3 is 5.97 Å². The van der Waals surface area contributed by atoms with Gasteiger partial charge in [-0.1, -0.05) is 12.2 Å². The Bertz CT molecular complexity index is 318. The Labute approximate surface area is 77.3 Å². The summed E-state index contributed by atoms with van der Waals surface area (Å²) in [4.78, 5) is 11.3. The van der Waals surface area contributed by atoms with Crippen LogP contribution in [-0.2, 0) is 9.53 Å². The van der Waals surface area contributed by atoms with Gasteiger partial charge in [-0.15, -0.1) is 6.58 Å². The van der Waals surface area contributed by atoms with Crippen molar-refractivity contribution in [1.82, 2.24) is 0 Å². The van der Waals surface area contributed by atoms with E-state index in [4.69, 9.17) is 4.74 Å². The fourth-order valence-electron chi connectivity index (χ4n) is 3.17. The van der Waals surface area contributed by atoms with E-state index in [1.54, 1.807) is 0 Å². The fraction of sp³-hybridized carbons (Fsp3) is 0.545. The zero-order valence-corrected chi connectivity index (χ0v) is 7.40. The normalized spacial score (nSPS) is 49.8. The fourth-order valence-corrected chi connectivity index (χ4v) is 3.17. The third-order valence-corrected chi connectivity index (χ3v) is 3.75. The van der Waals surface area contributed by atoms with E-state index in [1.165, 1.54) is 0 Å². The summed E-state index contributed by atoms with van der Waals surface area (Å²) in [6.07, 6.45) is 8.26. The molecule has 2 fully saturated rings. The molecule has 13 heavy (non-hydrogen) atoms. The Balaban J connectivity index is 1.95. The second kappa shape index (κ2) is 2.06. The number of carbonyl (C=O) groups excluding carboxylic acids is 1. The number of esters is 1. The molecule has 1 saturated carbocycles. The van der Waals surface area contributed by atoms with Gasteiger partial charge in [0.15, 0.2) is 0 Å². The first-order valence-electron chi connectivity index (χ1n) is 4.78. The van der Waals surface area contributed by atoms with Gasteiger partial charge in [-0.05, 0) is 18.9 Å². The first-order chi connectivity index (χ1) is 6.27. The molecule has 3 aliphatic rings. The lowest BCUT2D eigenvalue weighted by Crippen LogP contribution is -2.46. The largest absolute Gasteiger partial charge is 0.458 e. The maximum absolute atomic E-state index is 11.3. The van der Waals surface area contributed by atoms with Crippen LogP contribution in [0, 0.1) is 17.3 Å². The van der Waals surface area contributed by atoms with Crippen LogP contribution >= 0.6 is 0 Å². The number of allylic oxidation sites excluding steroid dienone is 2. The number of ether oxygens (including phenoxy) is 1. The zero-order chi connectivity index (χ0) is 9.05. The summed E-state index contributed by atoms with van der Waals surface area (Å²) in [6.45, 7) is 3.77. The summed E-state index contributed by atoms with van der Waals surface area (Å²) in [5.41, 5.74) is 0.225. The highest BCUT2D eigenvalue weighted by Crippen LogP contribution is 2.63. The standard InChI is InChI=1S/C11H12O2/c1-2-4-11-5-3-8-9(11)7(6-11)10(12)13-8/h2-3,5,7-9H,1,4,6H2/t7-,8+,9?,11+/m0/s1. The second-order valence-corrected chi connectivity index (χ2v) is 4.32. The van der Waals surface area contributed by atoms with E-state index in [0.717, 1.165) is 12.8 Å². The van der Waals surface area contributed by atoms with Crippen LogP contribution in [0.15, 0.2) is 24.8 Å². The Hall–Kier alpha value is -1.05. The monoisotopic (exact) mass is 176 g/mol. The molecule has 4 atom stereocenters. The van der Waals surface area contributed by atoms with Crippen molar-refractivity contribution < 1.29 is 9.53 Å². The highest BCUT2D eigenvalue weighted by atomic mass is 16.6. The molecule has 1 unspecified atom stereocenters. The lowest BCUT2D eigenvalue weighted by Gasteiger charge is -2.46. The summed E-state index contributed by atoms with van der Waals surface area (Å²) >= 11 is 0. The van der Waals surface area contributed by atoms with Gasteiger partial charge in [0, 0.05) is 11.3 Å². The molecule has 1 aliphatic heterocycles.